The van der Waals surface area contributed by atoms with Crippen LogP contribution in [0.25, 0.3) is 0 Å². The van der Waals surface area contributed by atoms with Gasteiger partial charge in [0.2, 0.25) is 0 Å². The van der Waals surface area contributed by atoms with Crippen molar-refractivity contribution in [3.8, 4) is 0 Å². The molecular weight excluding hydrogens is 222 g/mol. The summed E-state index contributed by atoms with van der Waals surface area (Å²) in [6.45, 7) is 6.35. The lowest BCUT2D eigenvalue weighted by Gasteiger charge is -2.29. The van der Waals surface area contributed by atoms with Crippen LogP contribution < -0.4 is 5.32 Å². The van der Waals surface area contributed by atoms with Crippen molar-refractivity contribution in [2.45, 2.75) is 51.7 Å². The molecule has 100 valence electrons. The molecule has 1 aliphatic rings. The summed E-state index contributed by atoms with van der Waals surface area (Å²) in [5.41, 5.74) is 2.78. The second-order valence-corrected chi connectivity index (χ2v) is 5.32. The molecule has 0 saturated carbocycles. The topological polar surface area (TPSA) is 21.3 Å². The van der Waals surface area contributed by atoms with Gasteiger partial charge in [0.25, 0.3) is 0 Å². The van der Waals surface area contributed by atoms with Crippen LogP contribution >= 0.6 is 0 Å². The third-order valence-electron chi connectivity index (χ3n) is 3.75. The molecular formula is C16H25NO. The van der Waals surface area contributed by atoms with E-state index in [4.69, 9.17) is 4.74 Å². The van der Waals surface area contributed by atoms with Gasteiger partial charge >= 0.3 is 0 Å². The summed E-state index contributed by atoms with van der Waals surface area (Å²) in [5, 5.41) is 3.67. The van der Waals surface area contributed by atoms with Gasteiger partial charge < -0.3 is 10.1 Å². The summed E-state index contributed by atoms with van der Waals surface area (Å²) in [5.74, 6) is 0. The molecule has 1 fully saturated rings. The zero-order chi connectivity index (χ0) is 12.8. The summed E-state index contributed by atoms with van der Waals surface area (Å²) < 4.78 is 5.70. The van der Waals surface area contributed by atoms with Crippen molar-refractivity contribution in [1.29, 1.82) is 0 Å². The van der Waals surface area contributed by atoms with Crippen LogP contribution in [-0.4, -0.2) is 25.3 Å². The third-order valence-corrected chi connectivity index (χ3v) is 3.75. The van der Waals surface area contributed by atoms with Gasteiger partial charge in [0.1, 0.15) is 0 Å². The Labute approximate surface area is 111 Å². The maximum Gasteiger partial charge on any atom is 0.0587 e. The Morgan fingerprint density at radius 1 is 1.39 bits per heavy atom. The van der Waals surface area contributed by atoms with Gasteiger partial charge in [0.05, 0.1) is 6.10 Å². The summed E-state index contributed by atoms with van der Waals surface area (Å²) in [7, 11) is 0. The van der Waals surface area contributed by atoms with Gasteiger partial charge in [-0.1, -0.05) is 36.8 Å². The smallest absolute Gasteiger partial charge is 0.0587 e. The first-order valence-corrected chi connectivity index (χ1v) is 7.18. The number of benzene rings is 1. The lowest BCUT2D eigenvalue weighted by Crippen LogP contribution is -2.39. The predicted octanol–water partition coefficient (Wildman–Crippen LogP) is 3.08. The number of hydrogen-bond acceptors (Lipinski definition) is 2. The Hall–Kier alpha value is -0.860. The number of ether oxygens (including phenoxy) is 1. The Balaban J connectivity index is 1.72. The fourth-order valence-electron chi connectivity index (χ4n) is 2.64. The van der Waals surface area contributed by atoms with Crippen LogP contribution in [0.5, 0.6) is 0 Å². The van der Waals surface area contributed by atoms with Crippen molar-refractivity contribution < 1.29 is 4.74 Å². The third kappa shape index (κ3) is 4.11. The van der Waals surface area contributed by atoms with Gasteiger partial charge in [0.15, 0.2) is 0 Å². The maximum atomic E-state index is 5.70. The highest BCUT2D eigenvalue weighted by molar-refractivity contribution is 5.22. The van der Waals surface area contributed by atoms with Crippen molar-refractivity contribution in [3.05, 3.63) is 35.4 Å². The Morgan fingerprint density at radius 3 is 3.06 bits per heavy atom. The molecule has 2 nitrogen and oxygen atoms in total. The molecule has 0 aromatic heterocycles. The molecule has 1 saturated heterocycles. The Bertz CT molecular complexity index is 364. The minimum atomic E-state index is 0.468. The van der Waals surface area contributed by atoms with Gasteiger partial charge in [-0.2, -0.15) is 0 Å². The van der Waals surface area contributed by atoms with E-state index in [9.17, 15) is 0 Å². The molecule has 2 heteroatoms. The molecule has 1 aromatic rings. The van der Waals surface area contributed by atoms with E-state index in [0.29, 0.717) is 12.1 Å². The minimum absolute atomic E-state index is 0.468. The Morgan fingerprint density at radius 2 is 2.28 bits per heavy atom. The van der Waals surface area contributed by atoms with Crippen molar-refractivity contribution in [2.24, 2.45) is 0 Å². The van der Waals surface area contributed by atoms with E-state index in [1.807, 2.05) is 0 Å². The highest BCUT2D eigenvalue weighted by Gasteiger charge is 2.20. The quantitative estimate of drug-likeness (QED) is 0.863. The molecule has 0 radical (unpaired) electrons. The summed E-state index contributed by atoms with van der Waals surface area (Å²) in [4.78, 5) is 0. The fourth-order valence-corrected chi connectivity index (χ4v) is 2.64. The monoisotopic (exact) mass is 247 g/mol. The first-order valence-electron chi connectivity index (χ1n) is 7.18. The van der Waals surface area contributed by atoms with Crippen molar-refractivity contribution in [2.75, 3.05) is 13.2 Å². The highest BCUT2D eigenvalue weighted by Crippen LogP contribution is 2.16. The van der Waals surface area contributed by atoms with E-state index in [0.717, 1.165) is 32.4 Å². The Kier molecular flexibility index (Phi) is 5.21. The van der Waals surface area contributed by atoms with Crippen molar-refractivity contribution in [1.82, 2.24) is 5.32 Å². The standard InChI is InChI=1S/C16H25NO/c1-3-16-12-15(8-10-18-16)17-9-7-14-6-4-5-13(2)11-14/h4-6,11,15-17H,3,7-10,12H2,1-2H3. The van der Waals surface area contributed by atoms with Crippen LogP contribution in [0.2, 0.25) is 0 Å². The van der Waals surface area contributed by atoms with Crippen LogP contribution in [-0.2, 0) is 11.2 Å². The minimum Gasteiger partial charge on any atom is -0.378 e. The number of nitrogens with one attached hydrogen (secondary N) is 1. The van der Waals surface area contributed by atoms with Crippen LogP contribution in [0.15, 0.2) is 24.3 Å². The van der Waals surface area contributed by atoms with Crippen molar-refractivity contribution in [3.63, 3.8) is 0 Å². The van der Waals surface area contributed by atoms with Crippen molar-refractivity contribution >= 4 is 0 Å². The van der Waals surface area contributed by atoms with Crippen LogP contribution in [0.1, 0.15) is 37.3 Å². The molecule has 0 bridgehead atoms. The second-order valence-electron chi connectivity index (χ2n) is 5.32. The average Bonchev–Trinajstić information content (AvgIpc) is 2.39. The van der Waals surface area contributed by atoms with Gasteiger partial charge in [-0.3, -0.25) is 0 Å². The van der Waals surface area contributed by atoms with E-state index >= 15 is 0 Å². The molecule has 18 heavy (non-hydrogen) atoms. The lowest BCUT2D eigenvalue weighted by atomic mass is 10.0. The molecule has 0 spiro atoms. The lowest BCUT2D eigenvalue weighted by molar-refractivity contribution is 0.000116. The number of rotatable bonds is 5. The molecule has 2 rings (SSSR count). The largest absolute Gasteiger partial charge is 0.378 e. The predicted molar refractivity (Wildman–Crippen MR) is 75.9 cm³/mol. The molecule has 2 unspecified atom stereocenters. The summed E-state index contributed by atoms with van der Waals surface area (Å²) >= 11 is 0. The molecule has 1 heterocycles. The van der Waals surface area contributed by atoms with E-state index in [1.54, 1.807) is 0 Å². The molecule has 1 aliphatic heterocycles. The summed E-state index contributed by atoms with van der Waals surface area (Å²) in [6, 6.07) is 9.44. The molecule has 1 N–H and O–H groups in total. The van der Waals surface area contributed by atoms with Crippen LogP contribution in [0, 0.1) is 6.92 Å². The summed E-state index contributed by atoms with van der Waals surface area (Å²) in [6.07, 6.45) is 5.05. The molecule has 1 aromatic carbocycles. The van der Waals surface area contributed by atoms with E-state index in [2.05, 4.69) is 43.4 Å². The van der Waals surface area contributed by atoms with Gasteiger partial charge in [0, 0.05) is 12.6 Å². The molecule has 2 atom stereocenters. The molecule has 0 aliphatic carbocycles. The zero-order valence-electron chi connectivity index (χ0n) is 11.6. The molecule has 0 amide bonds. The number of hydrogen-bond donors (Lipinski definition) is 1. The fraction of sp³-hybridized carbons (Fsp3) is 0.625. The highest BCUT2D eigenvalue weighted by atomic mass is 16.5. The van der Waals surface area contributed by atoms with Gasteiger partial charge in [-0.15, -0.1) is 0 Å². The number of aryl methyl sites for hydroxylation is 1. The van der Waals surface area contributed by atoms with E-state index in [-0.39, 0.29) is 0 Å². The van der Waals surface area contributed by atoms with Gasteiger partial charge in [-0.25, -0.2) is 0 Å². The second kappa shape index (κ2) is 6.91. The van der Waals surface area contributed by atoms with Gasteiger partial charge in [-0.05, 0) is 44.7 Å². The van der Waals surface area contributed by atoms with E-state index in [1.165, 1.54) is 17.5 Å². The van der Waals surface area contributed by atoms with Crippen LogP contribution in [0.4, 0.5) is 0 Å². The zero-order valence-corrected chi connectivity index (χ0v) is 11.6. The van der Waals surface area contributed by atoms with E-state index < -0.39 is 0 Å². The van der Waals surface area contributed by atoms with Crippen LogP contribution in [0.3, 0.4) is 0 Å². The normalized spacial score (nSPS) is 24.1. The maximum absolute atomic E-state index is 5.70. The first-order chi connectivity index (χ1) is 8.78. The SMILES string of the molecule is CCC1CC(NCCc2cccc(C)c2)CCO1. The average molecular weight is 247 g/mol. The first kappa shape index (κ1) is 13.6.